The molecule has 0 atom stereocenters. The number of pyridine rings is 1. The summed E-state index contributed by atoms with van der Waals surface area (Å²) >= 11 is 0. The highest BCUT2D eigenvalue weighted by Crippen LogP contribution is 2.26. The van der Waals surface area contributed by atoms with E-state index in [9.17, 15) is 4.79 Å². The Morgan fingerprint density at radius 1 is 0.864 bits per heavy atom. The Balaban J connectivity index is 1.87. The van der Waals surface area contributed by atoms with Gasteiger partial charge in [-0.05, 0) is 48.5 Å². The fraction of sp³-hybridized carbons (Fsp3) is 0. The Morgan fingerprint density at radius 3 is 2.23 bits per heavy atom. The van der Waals surface area contributed by atoms with Gasteiger partial charge in [0.25, 0.3) is 5.91 Å². The summed E-state index contributed by atoms with van der Waals surface area (Å²) in [5, 5.41) is 0. The van der Waals surface area contributed by atoms with E-state index in [2.05, 4.69) is 4.98 Å². The van der Waals surface area contributed by atoms with E-state index in [4.69, 9.17) is 10.5 Å². The third-order valence-electron chi connectivity index (χ3n) is 3.18. The number of hydrogen-bond acceptors (Lipinski definition) is 3. The Morgan fingerprint density at radius 2 is 1.55 bits per heavy atom. The molecule has 2 N–H and O–H groups in total. The maximum Gasteiger partial charge on any atom is 0.250 e. The molecular formula is C18H14N2O2. The quantitative estimate of drug-likeness (QED) is 0.797. The summed E-state index contributed by atoms with van der Waals surface area (Å²) in [6.07, 6.45) is 1.64. The minimum atomic E-state index is -0.493. The fourth-order valence-corrected chi connectivity index (χ4v) is 2.14. The molecule has 0 aliphatic heterocycles. The molecule has 0 bridgehead atoms. The number of benzene rings is 2. The van der Waals surface area contributed by atoms with Crippen molar-refractivity contribution in [3.8, 4) is 22.8 Å². The first-order valence-electron chi connectivity index (χ1n) is 6.82. The van der Waals surface area contributed by atoms with Crippen LogP contribution in [0.3, 0.4) is 0 Å². The van der Waals surface area contributed by atoms with Crippen LogP contribution in [0.2, 0.25) is 0 Å². The van der Waals surface area contributed by atoms with Gasteiger partial charge in [-0.15, -0.1) is 0 Å². The Bertz CT molecular complexity index is 784. The number of nitrogens with two attached hydrogens (primary N) is 1. The van der Waals surface area contributed by atoms with Crippen LogP contribution in [-0.4, -0.2) is 10.9 Å². The standard InChI is InChI=1S/C18H14N2O2/c19-18(21)16-7-4-12-20-17(16)13-8-10-15(11-9-13)22-14-5-2-1-3-6-14/h1-12H,(H2,19,21). The molecule has 0 unspecified atom stereocenters. The van der Waals surface area contributed by atoms with Gasteiger partial charge in [-0.3, -0.25) is 9.78 Å². The molecule has 0 aliphatic rings. The van der Waals surface area contributed by atoms with Crippen LogP contribution in [0.1, 0.15) is 10.4 Å². The number of aromatic nitrogens is 1. The van der Waals surface area contributed by atoms with Crippen LogP contribution in [0.4, 0.5) is 0 Å². The van der Waals surface area contributed by atoms with Crippen LogP contribution in [0.15, 0.2) is 72.9 Å². The van der Waals surface area contributed by atoms with Gasteiger partial charge in [-0.1, -0.05) is 18.2 Å². The first kappa shape index (κ1) is 13.8. The number of primary amides is 1. The lowest BCUT2D eigenvalue weighted by Gasteiger charge is -2.08. The molecule has 2 aromatic carbocycles. The van der Waals surface area contributed by atoms with E-state index in [0.29, 0.717) is 17.0 Å². The zero-order valence-electron chi connectivity index (χ0n) is 11.8. The van der Waals surface area contributed by atoms with Gasteiger partial charge < -0.3 is 10.5 Å². The van der Waals surface area contributed by atoms with E-state index in [1.807, 2.05) is 54.6 Å². The monoisotopic (exact) mass is 290 g/mol. The van der Waals surface area contributed by atoms with Crippen molar-refractivity contribution in [3.63, 3.8) is 0 Å². The molecule has 4 heteroatoms. The second kappa shape index (κ2) is 6.10. The molecule has 0 radical (unpaired) electrons. The highest BCUT2D eigenvalue weighted by molar-refractivity contribution is 5.98. The topological polar surface area (TPSA) is 65.2 Å². The average Bonchev–Trinajstić information content (AvgIpc) is 2.56. The third-order valence-corrected chi connectivity index (χ3v) is 3.18. The van der Waals surface area contributed by atoms with Crippen LogP contribution < -0.4 is 10.5 Å². The van der Waals surface area contributed by atoms with Crippen molar-refractivity contribution in [2.45, 2.75) is 0 Å². The predicted molar refractivity (Wildman–Crippen MR) is 84.7 cm³/mol. The van der Waals surface area contributed by atoms with Crippen molar-refractivity contribution in [2.75, 3.05) is 0 Å². The van der Waals surface area contributed by atoms with Crippen molar-refractivity contribution >= 4 is 5.91 Å². The number of para-hydroxylation sites is 1. The minimum absolute atomic E-state index is 0.402. The maximum absolute atomic E-state index is 11.5. The smallest absolute Gasteiger partial charge is 0.250 e. The van der Waals surface area contributed by atoms with Gasteiger partial charge in [0, 0.05) is 11.8 Å². The van der Waals surface area contributed by atoms with Crippen molar-refractivity contribution in [3.05, 3.63) is 78.5 Å². The SMILES string of the molecule is NC(=O)c1cccnc1-c1ccc(Oc2ccccc2)cc1. The molecule has 3 aromatic rings. The molecule has 1 amide bonds. The summed E-state index contributed by atoms with van der Waals surface area (Å²) < 4.78 is 5.73. The number of rotatable bonds is 4. The first-order valence-corrected chi connectivity index (χ1v) is 6.82. The summed E-state index contributed by atoms with van der Waals surface area (Å²) in [4.78, 5) is 15.7. The zero-order chi connectivity index (χ0) is 15.4. The number of ether oxygens (including phenoxy) is 1. The third kappa shape index (κ3) is 2.96. The molecule has 0 aliphatic carbocycles. The van der Waals surface area contributed by atoms with Crippen molar-refractivity contribution in [2.24, 2.45) is 5.73 Å². The van der Waals surface area contributed by atoms with Crippen molar-refractivity contribution in [1.29, 1.82) is 0 Å². The van der Waals surface area contributed by atoms with E-state index >= 15 is 0 Å². The maximum atomic E-state index is 11.5. The predicted octanol–water partition coefficient (Wildman–Crippen LogP) is 3.64. The minimum Gasteiger partial charge on any atom is -0.457 e. The van der Waals surface area contributed by atoms with Gasteiger partial charge in [0.2, 0.25) is 0 Å². The second-order valence-corrected chi connectivity index (χ2v) is 4.70. The lowest BCUT2D eigenvalue weighted by atomic mass is 10.1. The lowest BCUT2D eigenvalue weighted by Crippen LogP contribution is -2.12. The van der Waals surface area contributed by atoms with Crippen molar-refractivity contribution < 1.29 is 9.53 Å². The van der Waals surface area contributed by atoms with E-state index in [0.717, 1.165) is 11.3 Å². The Labute approximate surface area is 128 Å². The molecule has 0 spiro atoms. The number of hydrogen-bond donors (Lipinski definition) is 1. The Hall–Kier alpha value is -3.14. The van der Waals surface area contributed by atoms with Crippen LogP contribution >= 0.6 is 0 Å². The van der Waals surface area contributed by atoms with Crippen LogP contribution in [0.5, 0.6) is 11.5 Å². The average molecular weight is 290 g/mol. The largest absolute Gasteiger partial charge is 0.457 e. The fourth-order valence-electron chi connectivity index (χ4n) is 2.14. The van der Waals surface area contributed by atoms with Crippen LogP contribution in [0.25, 0.3) is 11.3 Å². The molecule has 0 saturated heterocycles. The molecule has 0 saturated carbocycles. The highest BCUT2D eigenvalue weighted by atomic mass is 16.5. The van der Waals surface area contributed by atoms with E-state index < -0.39 is 5.91 Å². The number of carbonyl (C=O) groups is 1. The molecule has 0 fully saturated rings. The summed E-state index contributed by atoms with van der Waals surface area (Å²) in [5.74, 6) is 0.991. The molecule has 22 heavy (non-hydrogen) atoms. The summed E-state index contributed by atoms with van der Waals surface area (Å²) in [6.45, 7) is 0. The van der Waals surface area contributed by atoms with Crippen molar-refractivity contribution in [1.82, 2.24) is 4.98 Å². The second-order valence-electron chi connectivity index (χ2n) is 4.70. The van der Waals surface area contributed by atoms with E-state index in [-0.39, 0.29) is 0 Å². The first-order chi connectivity index (χ1) is 10.7. The molecular weight excluding hydrogens is 276 g/mol. The molecule has 3 rings (SSSR count). The van der Waals surface area contributed by atoms with Gasteiger partial charge in [0.1, 0.15) is 11.5 Å². The molecule has 1 aromatic heterocycles. The molecule has 4 nitrogen and oxygen atoms in total. The van der Waals surface area contributed by atoms with Crippen LogP contribution in [-0.2, 0) is 0 Å². The summed E-state index contributed by atoms with van der Waals surface area (Å²) in [6, 6.07) is 20.3. The number of amides is 1. The Kier molecular flexibility index (Phi) is 3.83. The van der Waals surface area contributed by atoms with E-state index in [1.54, 1.807) is 18.3 Å². The van der Waals surface area contributed by atoms with Crippen LogP contribution in [0, 0.1) is 0 Å². The van der Waals surface area contributed by atoms with Gasteiger partial charge in [-0.2, -0.15) is 0 Å². The van der Waals surface area contributed by atoms with Gasteiger partial charge in [-0.25, -0.2) is 0 Å². The number of carbonyl (C=O) groups excluding carboxylic acids is 1. The highest BCUT2D eigenvalue weighted by Gasteiger charge is 2.10. The van der Waals surface area contributed by atoms with Gasteiger partial charge >= 0.3 is 0 Å². The zero-order valence-corrected chi connectivity index (χ0v) is 11.8. The number of nitrogens with zero attached hydrogens (tertiary/aromatic N) is 1. The van der Waals surface area contributed by atoms with E-state index in [1.165, 1.54) is 0 Å². The molecule has 1 heterocycles. The summed E-state index contributed by atoms with van der Waals surface area (Å²) in [7, 11) is 0. The molecule has 108 valence electrons. The van der Waals surface area contributed by atoms with Gasteiger partial charge in [0.15, 0.2) is 0 Å². The normalized spacial score (nSPS) is 10.2. The lowest BCUT2D eigenvalue weighted by molar-refractivity contribution is 0.100. The summed E-state index contributed by atoms with van der Waals surface area (Å²) in [5.41, 5.74) is 7.17. The van der Waals surface area contributed by atoms with Gasteiger partial charge in [0.05, 0.1) is 11.3 Å².